The molecule has 6 heteroatoms. The molecule has 0 bridgehead atoms. The lowest BCUT2D eigenvalue weighted by Gasteiger charge is -2.11. The van der Waals surface area contributed by atoms with Gasteiger partial charge in [-0.15, -0.1) is 0 Å². The van der Waals surface area contributed by atoms with Crippen LogP contribution in [0.5, 0.6) is 5.75 Å². The highest BCUT2D eigenvalue weighted by Crippen LogP contribution is 2.20. The van der Waals surface area contributed by atoms with Crippen LogP contribution >= 0.6 is 0 Å². The summed E-state index contributed by atoms with van der Waals surface area (Å²) in [6.45, 7) is 2.55. The summed E-state index contributed by atoms with van der Waals surface area (Å²) in [5.41, 5.74) is 0.733. The first-order chi connectivity index (χ1) is 9.20. The molecule has 0 spiro atoms. The molecule has 1 aromatic carbocycles. The van der Waals surface area contributed by atoms with Crippen LogP contribution in [-0.2, 0) is 6.54 Å². The van der Waals surface area contributed by atoms with Crippen molar-refractivity contribution in [3.63, 3.8) is 0 Å². The quantitative estimate of drug-likeness (QED) is 0.511. The van der Waals surface area contributed by atoms with Crippen molar-refractivity contribution in [1.82, 2.24) is 9.78 Å². The van der Waals surface area contributed by atoms with E-state index in [4.69, 9.17) is 9.94 Å². The third-order valence-corrected chi connectivity index (χ3v) is 2.62. The molecule has 2 aromatic rings. The number of benzene rings is 1. The molecule has 0 radical (unpaired) electrons. The number of halogens is 1. The summed E-state index contributed by atoms with van der Waals surface area (Å²) in [6, 6.07) is 5.92. The van der Waals surface area contributed by atoms with Gasteiger partial charge in [0.2, 0.25) is 0 Å². The first-order valence-electron chi connectivity index (χ1n) is 5.79. The van der Waals surface area contributed by atoms with E-state index in [9.17, 15) is 4.39 Å². The van der Waals surface area contributed by atoms with Crippen LogP contribution in [-0.4, -0.2) is 27.3 Å². The number of ether oxygens (including phenoxy) is 1. The summed E-state index contributed by atoms with van der Waals surface area (Å²) in [5, 5.41) is 15.9. The number of hydrogen-bond donors (Lipinski definition) is 1. The summed E-state index contributed by atoms with van der Waals surface area (Å²) < 4.78 is 20.5. The molecule has 1 heterocycles. The number of oxime groups is 1. The summed E-state index contributed by atoms with van der Waals surface area (Å²) in [5.74, 6) is 0.0706. The minimum atomic E-state index is -0.405. The molecule has 1 N–H and O–H groups in total. The van der Waals surface area contributed by atoms with E-state index in [0.717, 1.165) is 0 Å². The van der Waals surface area contributed by atoms with E-state index in [0.29, 0.717) is 30.2 Å². The Balaban J connectivity index is 2.07. The fraction of sp³-hybridized carbons (Fsp3) is 0.231. The monoisotopic (exact) mass is 263 g/mol. The van der Waals surface area contributed by atoms with Crippen LogP contribution in [0, 0.1) is 5.82 Å². The second-order valence-corrected chi connectivity index (χ2v) is 3.94. The van der Waals surface area contributed by atoms with Crippen LogP contribution in [0.3, 0.4) is 0 Å². The van der Waals surface area contributed by atoms with Crippen LogP contribution in [0.15, 0.2) is 41.8 Å². The highest BCUT2D eigenvalue weighted by atomic mass is 19.1. The molecule has 2 rings (SSSR count). The van der Waals surface area contributed by atoms with Crippen LogP contribution in [0.1, 0.15) is 12.5 Å². The Hall–Kier alpha value is -2.37. The second kappa shape index (κ2) is 5.99. The van der Waals surface area contributed by atoms with E-state index >= 15 is 0 Å². The van der Waals surface area contributed by atoms with Crippen molar-refractivity contribution in [2.45, 2.75) is 13.5 Å². The molecule has 1 aromatic heterocycles. The Labute approximate surface area is 109 Å². The van der Waals surface area contributed by atoms with E-state index in [1.54, 1.807) is 17.8 Å². The Kier molecular flexibility index (Phi) is 4.12. The average molecular weight is 263 g/mol. The summed E-state index contributed by atoms with van der Waals surface area (Å²) in [6.07, 6.45) is 3.52. The van der Waals surface area contributed by atoms with Crippen LogP contribution in [0.4, 0.5) is 4.39 Å². The van der Waals surface area contributed by atoms with Gasteiger partial charge in [-0.25, -0.2) is 4.39 Å². The predicted octanol–water partition coefficient (Wildman–Crippen LogP) is 2.30. The van der Waals surface area contributed by atoms with Crippen molar-refractivity contribution in [2.24, 2.45) is 5.16 Å². The molecule has 0 fully saturated rings. The third kappa shape index (κ3) is 3.31. The van der Waals surface area contributed by atoms with Gasteiger partial charge in [-0.2, -0.15) is 5.10 Å². The minimum Gasteiger partial charge on any atom is -0.491 e. The Bertz CT molecular complexity index is 567. The highest BCUT2D eigenvalue weighted by Gasteiger charge is 2.09. The Morgan fingerprint density at radius 1 is 1.53 bits per heavy atom. The number of hydrogen-bond acceptors (Lipinski definition) is 4. The molecule has 0 unspecified atom stereocenters. The van der Waals surface area contributed by atoms with E-state index in [1.165, 1.54) is 18.2 Å². The maximum Gasteiger partial charge on any atom is 0.128 e. The zero-order chi connectivity index (χ0) is 13.7. The van der Waals surface area contributed by atoms with Gasteiger partial charge in [-0.3, -0.25) is 4.68 Å². The molecule has 0 aliphatic rings. The Morgan fingerprint density at radius 3 is 3.05 bits per heavy atom. The first kappa shape index (κ1) is 13.1. The predicted molar refractivity (Wildman–Crippen MR) is 68.1 cm³/mol. The van der Waals surface area contributed by atoms with Gasteiger partial charge in [0, 0.05) is 18.0 Å². The molecule has 0 saturated carbocycles. The maximum absolute atomic E-state index is 13.2. The molecular weight excluding hydrogens is 249 g/mol. The van der Waals surface area contributed by atoms with Gasteiger partial charge in [0.1, 0.15) is 18.2 Å². The topological polar surface area (TPSA) is 59.6 Å². The number of aromatic nitrogens is 2. The van der Waals surface area contributed by atoms with Crippen molar-refractivity contribution >= 4 is 5.71 Å². The molecule has 0 aliphatic carbocycles. The maximum atomic E-state index is 13.2. The van der Waals surface area contributed by atoms with Gasteiger partial charge in [-0.05, 0) is 31.2 Å². The van der Waals surface area contributed by atoms with Crippen LogP contribution in [0.25, 0.3) is 0 Å². The van der Waals surface area contributed by atoms with Gasteiger partial charge in [0.15, 0.2) is 0 Å². The Morgan fingerprint density at radius 2 is 2.37 bits per heavy atom. The first-order valence-corrected chi connectivity index (χ1v) is 5.79. The van der Waals surface area contributed by atoms with Gasteiger partial charge in [0.05, 0.1) is 12.3 Å². The number of rotatable bonds is 5. The zero-order valence-electron chi connectivity index (χ0n) is 10.5. The van der Waals surface area contributed by atoms with Crippen molar-refractivity contribution in [3.8, 4) is 5.75 Å². The lowest BCUT2D eigenvalue weighted by atomic mass is 10.1. The van der Waals surface area contributed by atoms with Crippen molar-refractivity contribution in [2.75, 3.05) is 6.61 Å². The largest absolute Gasteiger partial charge is 0.491 e. The van der Waals surface area contributed by atoms with E-state index < -0.39 is 5.82 Å². The molecule has 0 amide bonds. The standard InChI is InChI=1S/C13H14FN3O2/c1-10(16-18)12-9-11(14)3-4-13(12)19-8-7-17-6-2-5-15-17/h2-6,9,18H,7-8H2,1H3. The molecular formula is C13H14FN3O2. The van der Waals surface area contributed by atoms with Gasteiger partial charge in [0.25, 0.3) is 0 Å². The second-order valence-electron chi connectivity index (χ2n) is 3.94. The van der Waals surface area contributed by atoms with E-state index in [-0.39, 0.29) is 0 Å². The summed E-state index contributed by atoms with van der Waals surface area (Å²) in [7, 11) is 0. The van der Waals surface area contributed by atoms with E-state index in [2.05, 4.69) is 10.3 Å². The van der Waals surface area contributed by atoms with Crippen molar-refractivity contribution in [3.05, 3.63) is 48.0 Å². The molecule has 19 heavy (non-hydrogen) atoms. The van der Waals surface area contributed by atoms with Gasteiger partial charge in [-0.1, -0.05) is 5.16 Å². The summed E-state index contributed by atoms with van der Waals surface area (Å²) >= 11 is 0. The van der Waals surface area contributed by atoms with Crippen molar-refractivity contribution in [1.29, 1.82) is 0 Å². The van der Waals surface area contributed by atoms with Crippen LogP contribution < -0.4 is 4.74 Å². The normalized spacial score (nSPS) is 11.6. The smallest absolute Gasteiger partial charge is 0.128 e. The molecule has 0 atom stereocenters. The molecule has 5 nitrogen and oxygen atoms in total. The summed E-state index contributed by atoms with van der Waals surface area (Å²) in [4.78, 5) is 0. The van der Waals surface area contributed by atoms with Crippen molar-refractivity contribution < 1.29 is 14.3 Å². The SMILES string of the molecule is CC(=NO)c1cc(F)ccc1OCCn1cccn1. The van der Waals surface area contributed by atoms with Gasteiger partial charge >= 0.3 is 0 Å². The zero-order valence-corrected chi connectivity index (χ0v) is 10.5. The minimum absolute atomic E-state index is 0.300. The van der Waals surface area contributed by atoms with Gasteiger partial charge < -0.3 is 9.94 Å². The molecule has 100 valence electrons. The van der Waals surface area contributed by atoms with Crippen LogP contribution in [0.2, 0.25) is 0 Å². The van der Waals surface area contributed by atoms with E-state index in [1.807, 2.05) is 12.3 Å². The molecule has 0 aliphatic heterocycles. The lowest BCUT2D eigenvalue weighted by Crippen LogP contribution is -2.10. The highest BCUT2D eigenvalue weighted by molar-refractivity contribution is 6.00. The molecule has 0 saturated heterocycles. The lowest BCUT2D eigenvalue weighted by molar-refractivity contribution is 0.289. The third-order valence-electron chi connectivity index (χ3n) is 2.62. The number of nitrogens with zero attached hydrogens (tertiary/aromatic N) is 3. The average Bonchev–Trinajstić information content (AvgIpc) is 2.92. The fourth-order valence-electron chi connectivity index (χ4n) is 1.65. The fourth-order valence-corrected chi connectivity index (χ4v) is 1.65.